The maximum absolute atomic E-state index is 11.5. The van der Waals surface area contributed by atoms with Gasteiger partial charge in [0.05, 0.1) is 13.0 Å². The predicted molar refractivity (Wildman–Crippen MR) is 71.2 cm³/mol. The van der Waals surface area contributed by atoms with Crippen molar-refractivity contribution in [2.75, 3.05) is 26.7 Å². The number of rotatable bonds is 3. The minimum Gasteiger partial charge on any atom is -0.469 e. The first kappa shape index (κ1) is 16.7. The largest absolute Gasteiger partial charge is 0.469 e. The lowest BCUT2D eigenvalue weighted by Gasteiger charge is -2.38. The summed E-state index contributed by atoms with van der Waals surface area (Å²) in [6.07, 6.45) is 0.879. The van der Waals surface area contributed by atoms with Gasteiger partial charge in [-0.2, -0.15) is 0 Å². The standard InChI is InChI=1S/C12H24N2O2.ClH/c1-9-7-14(8-12(2,3)13)6-5-10(9)11(15)16-4;/h9-10H,5-8,13H2,1-4H3;1H. The normalized spacial score (nSPS) is 26.2. The monoisotopic (exact) mass is 264 g/mol. The van der Waals surface area contributed by atoms with E-state index in [4.69, 9.17) is 10.5 Å². The van der Waals surface area contributed by atoms with Crippen LogP contribution in [0, 0.1) is 11.8 Å². The van der Waals surface area contributed by atoms with Crippen molar-refractivity contribution in [3.05, 3.63) is 0 Å². The third-order valence-corrected chi connectivity index (χ3v) is 3.12. The van der Waals surface area contributed by atoms with Gasteiger partial charge < -0.3 is 15.4 Å². The number of carbonyl (C=O) groups is 1. The van der Waals surface area contributed by atoms with Gasteiger partial charge in [0.25, 0.3) is 0 Å². The zero-order chi connectivity index (χ0) is 12.3. The Hall–Kier alpha value is -0.320. The number of halogens is 1. The van der Waals surface area contributed by atoms with Gasteiger partial charge in [0.1, 0.15) is 0 Å². The first-order valence-corrected chi connectivity index (χ1v) is 5.92. The quantitative estimate of drug-likeness (QED) is 0.781. The molecule has 0 aliphatic carbocycles. The van der Waals surface area contributed by atoms with Gasteiger partial charge in [-0.05, 0) is 32.7 Å². The fourth-order valence-electron chi connectivity index (χ4n) is 2.45. The number of hydrogen-bond acceptors (Lipinski definition) is 4. The van der Waals surface area contributed by atoms with Crippen LogP contribution in [0.3, 0.4) is 0 Å². The highest BCUT2D eigenvalue weighted by molar-refractivity contribution is 5.85. The number of carbonyl (C=O) groups excluding carboxylic acids is 1. The number of methoxy groups -OCH3 is 1. The molecule has 0 aromatic carbocycles. The summed E-state index contributed by atoms with van der Waals surface area (Å²) >= 11 is 0. The minimum absolute atomic E-state index is 0. The lowest BCUT2D eigenvalue weighted by atomic mass is 9.86. The van der Waals surface area contributed by atoms with E-state index in [0.29, 0.717) is 5.92 Å². The van der Waals surface area contributed by atoms with Gasteiger partial charge in [-0.1, -0.05) is 6.92 Å². The van der Waals surface area contributed by atoms with Gasteiger partial charge >= 0.3 is 5.97 Å². The molecule has 1 aliphatic rings. The molecule has 0 aromatic heterocycles. The molecule has 1 saturated heterocycles. The Morgan fingerprint density at radius 2 is 2.12 bits per heavy atom. The molecule has 2 unspecified atom stereocenters. The summed E-state index contributed by atoms with van der Waals surface area (Å²) in [7, 11) is 1.46. The van der Waals surface area contributed by atoms with Crippen LogP contribution in [-0.2, 0) is 9.53 Å². The molecule has 1 heterocycles. The molecule has 0 spiro atoms. The van der Waals surface area contributed by atoms with E-state index in [1.165, 1.54) is 7.11 Å². The van der Waals surface area contributed by atoms with Crippen molar-refractivity contribution in [2.24, 2.45) is 17.6 Å². The zero-order valence-electron chi connectivity index (χ0n) is 11.2. The summed E-state index contributed by atoms with van der Waals surface area (Å²) in [6, 6.07) is 0. The molecule has 1 rings (SSSR count). The third kappa shape index (κ3) is 5.23. The Bertz CT molecular complexity index is 253. The molecule has 0 radical (unpaired) electrons. The van der Waals surface area contributed by atoms with Crippen LogP contribution >= 0.6 is 12.4 Å². The smallest absolute Gasteiger partial charge is 0.309 e. The van der Waals surface area contributed by atoms with E-state index >= 15 is 0 Å². The highest BCUT2D eigenvalue weighted by atomic mass is 35.5. The topological polar surface area (TPSA) is 55.6 Å². The predicted octanol–water partition coefficient (Wildman–Crippen LogP) is 1.28. The van der Waals surface area contributed by atoms with Crippen molar-refractivity contribution in [3.8, 4) is 0 Å². The minimum atomic E-state index is -0.169. The number of esters is 1. The summed E-state index contributed by atoms with van der Waals surface area (Å²) in [6.45, 7) is 8.92. The van der Waals surface area contributed by atoms with Crippen molar-refractivity contribution >= 4 is 18.4 Å². The molecular formula is C12H25ClN2O2. The summed E-state index contributed by atoms with van der Waals surface area (Å²) in [5.41, 5.74) is 5.83. The van der Waals surface area contributed by atoms with Crippen LogP contribution < -0.4 is 5.73 Å². The molecule has 0 saturated carbocycles. The number of piperidine rings is 1. The fraction of sp³-hybridized carbons (Fsp3) is 0.917. The lowest BCUT2D eigenvalue weighted by molar-refractivity contribution is -0.149. The second kappa shape index (κ2) is 6.57. The maximum Gasteiger partial charge on any atom is 0.309 e. The van der Waals surface area contributed by atoms with E-state index in [1.54, 1.807) is 0 Å². The van der Waals surface area contributed by atoms with E-state index in [1.807, 2.05) is 13.8 Å². The Balaban J connectivity index is 0.00000256. The average Bonchev–Trinajstić information content (AvgIpc) is 2.14. The van der Waals surface area contributed by atoms with Gasteiger partial charge in [0.15, 0.2) is 0 Å². The zero-order valence-corrected chi connectivity index (χ0v) is 12.0. The van der Waals surface area contributed by atoms with Crippen LogP contribution in [0.2, 0.25) is 0 Å². The number of ether oxygens (including phenoxy) is 1. The second-order valence-electron chi connectivity index (χ2n) is 5.62. The molecule has 2 N–H and O–H groups in total. The number of nitrogens with zero attached hydrogens (tertiary/aromatic N) is 1. The van der Waals surface area contributed by atoms with Crippen LogP contribution in [-0.4, -0.2) is 43.2 Å². The molecule has 0 aromatic rings. The molecule has 4 nitrogen and oxygen atoms in total. The SMILES string of the molecule is COC(=O)C1CCN(CC(C)(C)N)CC1C.Cl. The third-order valence-electron chi connectivity index (χ3n) is 3.12. The first-order valence-electron chi connectivity index (χ1n) is 5.92. The molecule has 0 amide bonds. The molecular weight excluding hydrogens is 240 g/mol. The van der Waals surface area contributed by atoms with Gasteiger partial charge in [-0.25, -0.2) is 0 Å². The summed E-state index contributed by atoms with van der Waals surface area (Å²) < 4.78 is 4.81. The van der Waals surface area contributed by atoms with Crippen LogP contribution in [0.1, 0.15) is 27.2 Å². The van der Waals surface area contributed by atoms with Gasteiger partial charge in [0.2, 0.25) is 0 Å². The van der Waals surface area contributed by atoms with E-state index < -0.39 is 0 Å². The van der Waals surface area contributed by atoms with Gasteiger partial charge in [-0.15, -0.1) is 12.4 Å². The van der Waals surface area contributed by atoms with Gasteiger partial charge in [0, 0.05) is 18.6 Å². The molecule has 17 heavy (non-hydrogen) atoms. The Labute approximate surface area is 110 Å². The van der Waals surface area contributed by atoms with Crippen molar-refractivity contribution in [2.45, 2.75) is 32.7 Å². The maximum atomic E-state index is 11.5. The Morgan fingerprint density at radius 3 is 2.53 bits per heavy atom. The molecule has 0 bridgehead atoms. The molecule has 1 fully saturated rings. The fourth-order valence-corrected chi connectivity index (χ4v) is 2.45. The number of likely N-dealkylation sites (tertiary alicyclic amines) is 1. The highest BCUT2D eigenvalue weighted by Crippen LogP contribution is 2.25. The van der Waals surface area contributed by atoms with Crippen molar-refractivity contribution < 1.29 is 9.53 Å². The van der Waals surface area contributed by atoms with E-state index in [9.17, 15) is 4.79 Å². The van der Waals surface area contributed by atoms with E-state index in [-0.39, 0.29) is 29.8 Å². The van der Waals surface area contributed by atoms with E-state index in [2.05, 4.69) is 11.8 Å². The number of nitrogens with two attached hydrogens (primary N) is 1. The summed E-state index contributed by atoms with van der Waals surface area (Å²) in [5.74, 6) is 0.338. The van der Waals surface area contributed by atoms with Gasteiger partial charge in [-0.3, -0.25) is 4.79 Å². The molecule has 1 aliphatic heterocycles. The average molecular weight is 265 g/mol. The second-order valence-corrected chi connectivity index (χ2v) is 5.62. The van der Waals surface area contributed by atoms with Crippen LogP contribution in [0.5, 0.6) is 0 Å². The lowest BCUT2D eigenvalue weighted by Crippen LogP contribution is -2.50. The Kier molecular flexibility index (Phi) is 6.45. The summed E-state index contributed by atoms with van der Waals surface area (Å²) in [5, 5.41) is 0. The highest BCUT2D eigenvalue weighted by Gasteiger charge is 2.33. The van der Waals surface area contributed by atoms with Crippen molar-refractivity contribution in [1.29, 1.82) is 0 Å². The van der Waals surface area contributed by atoms with Crippen LogP contribution in [0.4, 0.5) is 0 Å². The molecule has 2 atom stereocenters. The van der Waals surface area contributed by atoms with E-state index in [0.717, 1.165) is 26.1 Å². The molecule has 5 heteroatoms. The van der Waals surface area contributed by atoms with Crippen LogP contribution in [0.25, 0.3) is 0 Å². The summed E-state index contributed by atoms with van der Waals surface area (Å²) in [4.78, 5) is 13.8. The molecule has 102 valence electrons. The Morgan fingerprint density at radius 1 is 1.53 bits per heavy atom. The van der Waals surface area contributed by atoms with Crippen molar-refractivity contribution in [3.63, 3.8) is 0 Å². The van der Waals surface area contributed by atoms with Crippen molar-refractivity contribution in [1.82, 2.24) is 4.90 Å². The van der Waals surface area contributed by atoms with Crippen LogP contribution in [0.15, 0.2) is 0 Å². The number of hydrogen-bond donors (Lipinski definition) is 1. The first-order chi connectivity index (χ1) is 7.33.